The molecule has 1 atom stereocenters. The number of ether oxygens (including phenoxy) is 4. The molecule has 11 nitrogen and oxygen atoms in total. The standard InChI is InChI=1S/C22H27ClF3N2O9/c1-21(2,3)15-11-17-13(10-16(15)23)9-14(18(37-17)22(24,25)26)19(29)34-12-35-20(30)33-7-5-27(4)6-8-36-28(31)32/h9-11,18H,5-8,12H2,1-4H3,(H,31,32)/q+1/t18-/m0/s1. The summed E-state index contributed by atoms with van der Waals surface area (Å²) in [7, 11) is 1.61. The first-order valence-electron chi connectivity index (χ1n) is 10.8. The third kappa shape index (κ3) is 8.97. The first-order chi connectivity index (χ1) is 17.1. The number of likely N-dealkylation sites (N-methyl/N-ethyl adjacent to an activating group) is 1. The molecule has 0 fully saturated rings. The molecule has 1 aromatic rings. The summed E-state index contributed by atoms with van der Waals surface area (Å²) in [5, 5.41) is 7.91. The zero-order valence-electron chi connectivity index (χ0n) is 20.5. The minimum absolute atomic E-state index is 0.0914. The molecular formula is C22H27ClF3N2O9+. The third-order valence-electron chi connectivity index (χ3n) is 5.01. The van der Waals surface area contributed by atoms with E-state index in [4.69, 9.17) is 26.3 Å². The van der Waals surface area contributed by atoms with Crippen LogP contribution in [0, 0.1) is 4.91 Å². The van der Waals surface area contributed by atoms with Gasteiger partial charge in [0.05, 0.1) is 5.57 Å². The molecule has 1 N–H and O–H groups in total. The van der Waals surface area contributed by atoms with Crippen LogP contribution in [0.25, 0.3) is 6.08 Å². The van der Waals surface area contributed by atoms with Gasteiger partial charge in [-0.05, 0) is 36.2 Å². The highest BCUT2D eigenvalue weighted by Gasteiger charge is 2.49. The average Bonchev–Trinajstić information content (AvgIpc) is 2.76. The number of carbonyl (C=O) groups is 2. The molecule has 0 spiro atoms. The van der Waals surface area contributed by atoms with Gasteiger partial charge < -0.3 is 18.9 Å². The molecule has 1 aromatic carbocycles. The number of halogens is 4. The van der Waals surface area contributed by atoms with E-state index in [1.54, 1.807) is 11.9 Å². The minimum atomic E-state index is -4.94. The van der Waals surface area contributed by atoms with E-state index >= 15 is 0 Å². The Bertz CT molecular complexity index is 1040. The Balaban J connectivity index is 1.96. The van der Waals surface area contributed by atoms with Crippen LogP contribution in [0.1, 0.15) is 31.9 Å². The fraction of sp³-hybridized carbons (Fsp3) is 0.545. The molecule has 0 saturated carbocycles. The van der Waals surface area contributed by atoms with Crippen molar-refractivity contribution < 1.29 is 56.8 Å². The molecule has 1 aliphatic heterocycles. The Morgan fingerprint density at radius 1 is 1.14 bits per heavy atom. The van der Waals surface area contributed by atoms with Crippen LogP contribution in [0.4, 0.5) is 18.0 Å². The van der Waals surface area contributed by atoms with Crippen LogP contribution in [0.15, 0.2) is 17.7 Å². The summed E-state index contributed by atoms with van der Waals surface area (Å²) in [6, 6.07) is 2.80. The van der Waals surface area contributed by atoms with E-state index in [-0.39, 0.29) is 42.6 Å². The monoisotopic (exact) mass is 555 g/mol. The number of rotatable bonds is 10. The number of benzene rings is 1. The van der Waals surface area contributed by atoms with Gasteiger partial charge in [0.1, 0.15) is 17.3 Å². The van der Waals surface area contributed by atoms with E-state index < -0.39 is 47.3 Å². The number of nitrogens with zero attached hydrogens (tertiary/aromatic N) is 2. The maximum Gasteiger partial charge on any atom is 0.511 e. The van der Waals surface area contributed by atoms with Crippen molar-refractivity contribution in [1.29, 1.82) is 0 Å². The smallest absolute Gasteiger partial charge is 0.475 e. The van der Waals surface area contributed by atoms with E-state index in [9.17, 15) is 27.7 Å². The number of hydrogen-bond donors (Lipinski definition) is 1. The van der Waals surface area contributed by atoms with Crippen LogP contribution in [0.5, 0.6) is 5.75 Å². The molecule has 0 aliphatic carbocycles. The molecule has 0 radical (unpaired) electrons. The lowest BCUT2D eigenvalue weighted by Crippen LogP contribution is -2.41. The normalized spacial score (nSPS) is 15.3. The lowest BCUT2D eigenvalue weighted by Gasteiger charge is -2.30. The van der Waals surface area contributed by atoms with E-state index in [2.05, 4.69) is 14.3 Å². The Morgan fingerprint density at radius 3 is 2.38 bits per heavy atom. The second-order valence-corrected chi connectivity index (χ2v) is 9.33. The zero-order valence-corrected chi connectivity index (χ0v) is 21.2. The molecule has 1 aliphatic rings. The van der Waals surface area contributed by atoms with Crippen LogP contribution in [-0.2, 0) is 29.3 Å². The van der Waals surface area contributed by atoms with Crippen molar-refractivity contribution in [3.05, 3.63) is 38.8 Å². The molecule has 0 unspecified atom stereocenters. The van der Waals surface area contributed by atoms with E-state index in [0.29, 0.717) is 5.56 Å². The highest BCUT2D eigenvalue weighted by molar-refractivity contribution is 6.31. The van der Waals surface area contributed by atoms with Crippen LogP contribution >= 0.6 is 11.6 Å². The molecule has 1 heterocycles. The Kier molecular flexibility index (Phi) is 9.98. The summed E-state index contributed by atoms with van der Waals surface area (Å²) in [6.07, 6.45) is -7.80. The summed E-state index contributed by atoms with van der Waals surface area (Å²) >= 11 is 6.29. The second kappa shape index (κ2) is 12.3. The minimum Gasteiger partial charge on any atom is -0.475 e. The predicted molar refractivity (Wildman–Crippen MR) is 121 cm³/mol. The van der Waals surface area contributed by atoms with Gasteiger partial charge in [-0.1, -0.05) is 32.4 Å². The summed E-state index contributed by atoms with van der Waals surface area (Å²) in [5.41, 5.74) is -0.595. The fourth-order valence-corrected chi connectivity index (χ4v) is 3.58. The largest absolute Gasteiger partial charge is 0.511 e. The van der Waals surface area contributed by atoms with Crippen molar-refractivity contribution in [3.63, 3.8) is 0 Å². The zero-order chi connectivity index (χ0) is 28.0. The molecule has 0 amide bonds. The highest BCUT2D eigenvalue weighted by atomic mass is 35.5. The lowest BCUT2D eigenvalue weighted by atomic mass is 9.85. The van der Waals surface area contributed by atoms with Crippen LogP contribution in [0.3, 0.4) is 0 Å². The van der Waals surface area contributed by atoms with Gasteiger partial charge in [-0.15, -0.1) is 0 Å². The van der Waals surface area contributed by atoms with Gasteiger partial charge in [-0.25, -0.2) is 14.8 Å². The highest BCUT2D eigenvalue weighted by Crippen LogP contribution is 2.42. The van der Waals surface area contributed by atoms with E-state index in [1.165, 1.54) is 12.1 Å². The van der Waals surface area contributed by atoms with Crippen molar-refractivity contribution in [1.82, 2.24) is 4.90 Å². The van der Waals surface area contributed by atoms with Crippen LogP contribution in [-0.4, -0.2) is 79.7 Å². The van der Waals surface area contributed by atoms with Gasteiger partial charge in [0, 0.05) is 23.7 Å². The summed E-state index contributed by atoms with van der Waals surface area (Å²) in [4.78, 5) is 40.1. The van der Waals surface area contributed by atoms with Gasteiger partial charge in [-0.3, -0.25) is 4.90 Å². The van der Waals surface area contributed by atoms with Gasteiger partial charge in [0.2, 0.25) is 12.9 Å². The van der Waals surface area contributed by atoms with Crippen molar-refractivity contribution in [2.24, 2.45) is 0 Å². The van der Waals surface area contributed by atoms with Crippen molar-refractivity contribution in [3.8, 4) is 5.75 Å². The van der Waals surface area contributed by atoms with Crippen LogP contribution in [0.2, 0.25) is 5.02 Å². The predicted octanol–water partition coefficient (Wildman–Crippen LogP) is 4.03. The van der Waals surface area contributed by atoms with Crippen molar-refractivity contribution >= 4 is 29.8 Å². The summed E-state index contributed by atoms with van der Waals surface area (Å²) in [6.45, 7) is 4.64. The molecule has 2 rings (SSSR count). The maximum atomic E-state index is 13.7. The Labute approximate surface area is 215 Å². The number of hydrogen-bond acceptors (Lipinski definition) is 9. The average molecular weight is 556 g/mol. The first-order valence-corrected chi connectivity index (χ1v) is 11.2. The molecule has 0 saturated heterocycles. The molecule has 206 valence electrons. The Morgan fingerprint density at radius 2 is 1.78 bits per heavy atom. The Hall–Kier alpha value is -3.26. The van der Waals surface area contributed by atoms with Gasteiger partial charge in [0.25, 0.3) is 0 Å². The number of carbonyl (C=O) groups excluding carboxylic acids is 2. The van der Waals surface area contributed by atoms with Gasteiger partial charge in [0.15, 0.2) is 6.61 Å². The third-order valence-corrected chi connectivity index (χ3v) is 5.33. The quantitative estimate of drug-likeness (QED) is 0.257. The van der Waals surface area contributed by atoms with Crippen LogP contribution < -0.4 is 4.74 Å². The van der Waals surface area contributed by atoms with Gasteiger partial charge >= 0.3 is 23.4 Å². The van der Waals surface area contributed by atoms with Gasteiger partial charge in [-0.2, -0.15) is 18.0 Å². The van der Waals surface area contributed by atoms with E-state index in [0.717, 1.165) is 6.08 Å². The maximum absolute atomic E-state index is 13.7. The van der Waals surface area contributed by atoms with E-state index in [1.807, 2.05) is 20.8 Å². The lowest BCUT2D eigenvalue weighted by molar-refractivity contribution is -0.975. The fourth-order valence-electron chi connectivity index (χ4n) is 3.13. The first kappa shape index (κ1) is 30.0. The number of fused-ring (bicyclic) bond motifs is 1. The second-order valence-electron chi connectivity index (χ2n) is 8.93. The SMILES string of the molecule is CN(CCOC(=O)OCOC(=O)C1=Cc2cc(Cl)c(C(C)(C)C)cc2O[C@@H]1C(F)(F)F)CCO[N+](=O)O. The molecule has 15 heteroatoms. The summed E-state index contributed by atoms with van der Waals surface area (Å²) < 4.78 is 60.2. The molecule has 37 heavy (non-hydrogen) atoms. The summed E-state index contributed by atoms with van der Waals surface area (Å²) in [5.74, 6) is -1.50. The topological polar surface area (TPSA) is 124 Å². The number of esters is 1. The molecular weight excluding hydrogens is 529 g/mol. The van der Waals surface area contributed by atoms with Crippen molar-refractivity contribution in [2.45, 2.75) is 38.5 Å². The van der Waals surface area contributed by atoms with Crippen molar-refractivity contribution in [2.75, 3.05) is 40.1 Å². The molecule has 0 aromatic heterocycles. The number of alkyl halides is 3. The molecule has 0 bridgehead atoms.